The molecule has 0 aromatic heterocycles. The smallest absolute Gasteiger partial charge is 0.317 e. The summed E-state index contributed by atoms with van der Waals surface area (Å²) in [5.74, 6) is 0. The van der Waals surface area contributed by atoms with E-state index in [9.17, 15) is 4.79 Å². The fourth-order valence-corrected chi connectivity index (χ4v) is 0.513. The fraction of sp³-hybridized carbons (Fsp3) is 0.667. The molecular formula is C6H13N3OS. The Morgan fingerprint density at radius 2 is 2.27 bits per heavy atom. The lowest BCUT2D eigenvalue weighted by molar-refractivity contribution is 0.212. The Labute approximate surface area is 71.7 Å². The molecule has 0 aliphatic rings. The van der Waals surface area contributed by atoms with E-state index in [4.69, 9.17) is 5.73 Å². The van der Waals surface area contributed by atoms with Crippen molar-refractivity contribution in [1.29, 1.82) is 0 Å². The van der Waals surface area contributed by atoms with Crippen LogP contribution >= 0.6 is 12.2 Å². The van der Waals surface area contributed by atoms with Crippen molar-refractivity contribution in [2.45, 2.75) is 6.92 Å². The third-order valence-electron chi connectivity index (χ3n) is 1.23. The van der Waals surface area contributed by atoms with Gasteiger partial charge in [-0.25, -0.2) is 4.79 Å². The van der Waals surface area contributed by atoms with Crippen molar-refractivity contribution in [3.05, 3.63) is 0 Å². The predicted octanol–water partition coefficient (Wildman–Crippen LogP) is -0.0662. The standard InChI is InChI=1S/C6H13N3OS/c1-3-9(2)6(10)8-4-5(7)11/h3-4H2,1-2H3,(H2,7,11)(H,8,10). The number of hydrogen-bond acceptors (Lipinski definition) is 2. The van der Waals surface area contributed by atoms with Gasteiger partial charge in [-0.1, -0.05) is 12.2 Å². The van der Waals surface area contributed by atoms with Crippen LogP contribution in [0.4, 0.5) is 4.79 Å². The maximum absolute atomic E-state index is 11.0. The van der Waals surface area contributed by atoms with Crippen molar-refractivity contribution < 1.29 is 4.79 Å². The number of nitrogens with one attached hydrogen (secondary N) is 1. The lowest BCUT2D eigenvalue weighted by Gasteiger charge is -2.14. The quantitative estimate of drug-likeness (QED) is 0.590. The normalized spacial score (nSPS) is 8.91. The minimum Gasteiger partial charge on any atom is -0.392 e. The van der Waals surface area contributed by atoms with Gasteiger partial charge in [-0.2, -0.15) is 0 Å². The molecule has 11 heavy (non-hydrogen) atoms. The minimum atomic E-state index is -0.152. The molecule has 0 unspecified atom stereocenters. The molecule has 0 aliphatic heterocycles. The molecule has 64 valence electrons. The van der Waals surface area contributed by atoms with E-state index >= 15 is 0 Å². The van der Waals surface area contributed by atoms with Gasteiger partial charge in [0.15, 0.2) is 0 Å². The minimum absolute atomic E-state index is 0.152. The van der Waals surface area contributed by atoms with Crippen molar-refractivity contribution in [3.8, 4) is 0 Å². The lowest BCUT2D eigenvalue weighted by Crippen LogP contribution is -2.40. The average Bonchev–Trinajstić information content (AvgIpc) is 1.98. The van der Waals surface area contributed by atoms with Crippen LogP contribution in [-0.2, 0) is 0 Å². The number of nitrogens with two attached hydrogens (primary N) is 1. The maximum atomic E-state index is 11.0. The van der Waals surface area contributed by atoms with E-state index in [1.807, 2.05) is 6.92 Å². The summed E-state index contributed by atoms with van der Waals surface area (Å²) in [5, 5.41) is 2.55. The monoisotopic (exact) mass is 175 g/mol. The number of hydrogen-bond donors (Lipinski definition) is 2. The molecule has 0 bridgehead atoms. The molecule has 0 aromatic rings. The molecule has 5 heteroatoms. The first-order chi connectivity index (χ1) is 5.07. The zero-order valence-corrected chi connectivity index (χ0v) is 7.57. The first-order valence-electron chi connectivity index (χ1n) is 3.35. The third-order valence-corrected chi connectivity index (χ3v) is 1.38. The van der Waals surface area contributed by atoms with E-state index in [-0.39, 0.29) is 12.6 Å². The van der Waals surface area contributed by atoms with E-state index in [1.54, 1.807) is 7.05 Å². The Morgan fingerprint density at radius 3 is 2.64 bits per heavy atom. The summed E-state index contributed by atoms with van der Waals surface area (Å²) in [6, 6.07) is -0.152. The van der Waals surface area contributed by atoms with E-state index in [1.165, 1.54) is 4.90 Å². The summed E-state index contributed by atoms with van der Waals surface area (Å²) < 4.78 is 0. The van der Waals surface area contributed by atoms with Gasteiger partial charge in [0, 0.05) is 13.6 Å². The average molecular weight is 175 g/mol. The molecule has 0 radical (unpaired) electrons. The fourth-order valence-electron chi connectivity index (χ4n) is 0.441. The van der Waals surface area contributed by atoms with Crippen LogP contribution in [0.25, 0.3) is 0 Å². The van der Waals surface area contributed by atoms with Gasteiger partial charge in [-0.05, 0) is 6.92 Å². The molecule has 0 rings (SSSR count). The topological polar surface area (TPSA) is 58.4 Å². The summed E-state index contributed by atoms with van der Waals surface area (Å²) in [6.07, 6.45) is 0. The SMILES string of the molecule is CCN(C)C(=O)NCC(N)=S. The number of amides is 2. The Balaban J connectivity index is 3.60. The first-order valence-corrected chi connectivity index (χ1v) is 3.76. The Kier molecular flexibility index (Phi) is 4.52. The van der Waals surface area contributed by atoms with Gasteiger partial charge in [0.2, 0.25) is 0 Å². The molecule has 0 saturated carbocycles. The molecule has 3 N–H and O–H groups in total. The van der Waals surface area contributed by atoms with Crippen molar-refractivity contribution >= 4 is 23.2 Å². The second kappa shape index (κ2) is 4.90. The van der Waals surface area contributed by atoms with Gasteiger partial charge in [0.05, 0.1) is 11.5 Å². The van der Waals surface area contributed by atoms with E-state index < -0.39 is 0 Å². The molecule has 0 atom stereocenters. The van der Waals surface area contributed by atoms with Gasteiger partial charge in [0.25, 0.3) is 0 Å². The lowest BCUT2D eigenvalue weighted by atomic mass is 10.6. The molecule has 0 fully saturated rings. The maximum Gasteiger partial charge on any atom is 0.317 e. The number of thiocarbonyl (C=S) groups is 1. The largest absolute Gasteiger partial charge is 0.392 e. The molecule has 0 aliphatic carbocycles. The molecule has 0 spiro atoms. The first kappa shape index (κ1) is 10.2. The highest BCUT2D eigenvalue weighted by atomic mass is 32.1. The number of rotatable bonds is 3. The van der Waals surface area contributed by atoms with E-state index in [0.29, 0.717) is 11.5 Å². The van der Waals surface area contributed by atoms with Gasteiger partial charge >= 0.3 is 6.03 Å². The van der Waals surface area contributed by atoms with Crippen molar-refractivity contribution in [2.75, 3.05) is 20.1 Å². The molecular weight excluding hydrogens is 162 g/mol. The molecule has 0 saturated heterocycles. The number of carbonyl (C=O) groups is 1. The van der Waals surface area contributed by atoms with Gasteiger partial charge in [-0.3, -0.25) is 0 Å². The zero-order chi connectivity index (χ0) is 8.85. The van der Waals surface area contributed by atoms with Crippen molar-refractivity contribution in [2.24, 2.45) is 5.73 Å². The van der Waals surface area contributed by atoms with Crippen LogP contribution in [-0.4, -0.2) is 36.1 Å². The second-order valence-corrected chi connectivity index (χ2v) is 2.66. The predicted molar refractivity (Wildman–Crippen MR) is 48.5 cm³/mol. The number of carbonyl (C=O) groups excluding carboxylic acids is 1. The summed E-state index contributed by atoms with van der Waals surface area (Å²) in [6.45, 7) is 2.82. The number of nitrogens with zero attached hydrogens (tertiary/aromatic N) is 1. The number of urea groups is 1. The van der Waals surface area contributed by atoms with Crippen LogP contribution in [0.15, 0.2) is 0 Å². The van der Waals surface area contributed by atoms with Crippen molar-refractivity contribution in [3.63, 3.8) is 0 Å². The van der Waals surface area contributed by atoms with Gasteiger partial charge in [0.1, 0.15) is 0 Å². The zero-order valence-electron chi connectivity index (χ0n) is 6.76. The summed E-state index contributed by atoms with van der Waals surface area (Å²) in [7, 11) is 1.70. The highest BCUT2D eigenvalue weighted by Crippen LogP contribution is 1.80. The Bertz CT molecular complexity index is 160. The third kappa shape index (κ3) is 4.55. The molecule has 0 aromatic carbocycles. The van der Waals surface area contributed by atoms with Crippen LogP contribution in [0.1, 0.15) is 6.92 Å². The Morgan fingerprint density at radius 1 is 1.73 bits per heavy atom. The van der Waals surface area contributed by atoms with Gasteiger partial charge in [-0.15, -0.1) is 0 Å². The van der Waals surface area contributed by atoms with Crippen LogP contribution in [0, 0.1) is 0 Å². The van der Waals surface area contributed by atoms with Crippen LogP contribution < -0.4 is 11.1 Å². The highest BCUT2D eigenvalue weighted by molar-refractivity contribution is 7.80. The second-order valence-electron chi connectivity index (χ2n) is 2.14. The van der Waals surface area contributed by atoms with Crippen LogP contribution in [0.3, 0.4) is 0 Å². The van der Waals surface area contributed by atoms with E-state index in [2.05, 4.69) is 17.5 Å². The highest BCUT2D eigenvalue weighted by Gasteiger charge is 2.03. The molecule has 2 amide bonds. The van der Waals surface area contributed by atoms with Crippen molar-refractivity contribution in [1.82, 2.24) is 10.2 Å². The molecule has 0 heterocycles. The van der Waals surface area contributed by atoms with Crippen LogP contribution in [0.2, 0.25) is 0 Å². The summed E-state index contributed by atoms with van der Waals surface area (Å²) >= 11 is 4.58. The van der Waals surface area contributed by atoms with Gasteiger partial charge < -0.3 is 16.0 Å². The van der Waals surface area contributed by atoms with Crippen LogP contribution in [0.5, 0.6) is 0 Å². The van der Waals surface area contributed by atoms with E-state index in [0.717, 1.165) is 0 Å². The summed E-state index contributed by atoms with van der Waals surface area (Å²) in [4.78, 5) is 12.8. The molecule has 4 nitrogen and oxygen atoms in total. The Hall–Kier alpha value is -0.840. The summed E-state index contributed by atoms with van der Waals surface area (Å²) in [5.41, 5.74) is 5.18.